The molecule has 0 radical (unpaired) electrons. The molecule has 0 amide bonds. The Kier molecular flexibility index (Phi) is 5.19. The lowest BCUT2D eigenvalue weighted by Gasteiger charge is -2.21. The summed E-state index contributed by atoms with van der Waals surface area (Å²) in [6.07, 6.45) is 7.12. The Morgan fingerprint density at radius 3 is 2.56 bits per heavy atom. The summed E-state index contributed by atoms with van der Waals surface area (Å²) in [7, 11) is 0. The fourth-order valence-corrected chi connectivity index (χ4v) is 3.20. The van der Waals surface area contributed by atoms with E-state index in [1.165, 1.54) is 31.7 Å². The van der Waals surface area contributed by atoms with E-state index in [2.05, 4.69) is 15.9 Å². The number of aliphatic hydroxyl groups is 1. The van der Waals surface area contributed by atoms with Crippen LogP contribution in [0.5, 0.6) is 0 Å². The molecular weight excluding hydrogens is 295 g/mol. The minimum absolute atomic E-state index is 0.217. The van der Waals surface area contributed by atoms with E-state index in [0.717, 1.165) is 17.3 Å². The second kappa shape index (κ2) is 6.67. The van der Waals surface area contributed by atoms with Gasteiger partial charge in [0.25, 0.3) is 0 Å². The first kappa shape index (κ1) is 14.0. The van der Waals surface area contributed by atoms with Crippen molar-refractivity contribution in [2.75, 3.05) is 0 Å². The van der Waals surface area contributed by atoms with Gasteiger partial charge in [0, 0.05) is 10.9 Å². The number of rotatable bonds is 3. The Bertz CT molecular complexity index is 386. The number of halogens is 2. The average molecular weight is 315 g/mol. The quantitative estimate of drug-likeness (QED) is 0.816. The maximum Gasteiger partial charge on any atom is 0.126 e. The van der Waals surface area contributed by atoms with Gasteiger partial charge < -0.3 is 5.11 Å². The minimum atomic E-state index is -0.410. The third-order valence-electron chi connectivity index (χ3n) is 3.88. The van der Waals surface area contributed by atoms with Crippen molar-refractivity contribution in [3.8, 4) is 0 Å². The molecule has 0 saturated heterocycles. The average Bonchev–Trinajstić information content (AvgIpc) is 2.62. The molecule has 1 aliphatic rings. The van der Waals surface area contributed by atoms with Gasteiger partial charge >= 0.3 is 0 Å². The van der Waals surface area contributed by atoms with Gasteiger partial charge in [-0.1, -0.05) is 41.6 Å². The Morgan fingerprint density at radius 1 is 1.22 bits per heavy atom. The highest BCUT2D eigenvalue weighted by Gasteiger charge is 2.21. The van der Waals surface area contributed by atoms with Crippen LogP contribution >= 0.6 is 15.9 Å². The normalized spacial score (nSPS) is 19.5. The summed E-state index contributed by atoms with van der Waals surface area (Å²) in [6, 6.07) is 4.92. The molecule has 0 aromatic heterocycles. The first-order valence-corrected chi connectivity index (χ1v) is 7.58. The summed E-state index contributed by atoms with van der Waals surface area (Å²) in [5.41, 5.74) is 0.612. The predicted molar refractivity (Wildman–Crippen MR) is 75.0 cm³/mol. The number of benzene rings is 1. The van der Waals surface area contributed by atoms with Crippen LogP contribution in [-0.4, -0.2) is 11.2 Å². The summed E-state index contributed by atoms with van der Waals surface area (Å²) >= 11 is 3.35. The summed E-state index contributed by atoms with van der Waals surface area (Å²) in [6.45, 7) is 0. The van der Waals surface area contributed by atoms with Gasteiger partial charge in [-0.25, -0.2) is 4.39 Å². The van der Waals surface area contributed by atoms with Crippen LogP contribution in [0.2, 0.25) is 0 Å². The summed E-state index contributed by atoms with van der Waals surface area (Å²) in [4.78, 5) is 0. The summed E-state index contributed by atoms with van der Waals surface area (Å²) in [5, 5.41) is 10.3. The Labute approximate surface area is 117 Å². The molecule has 3 heteroatoms. The highest BCUT2D eigenvalue weighted by molar-refractivity contribution is 9.10. The fraction of sp³-hybridized carbons (Fsp3) is 0.600. The van der Waals surface area contributed by atoms with Gasteiger partial charge in [0.1, 0.15) is 5.82 Å². The second-order valence-corrected chi connectivity index (χ2v) is 6.17. The standard InChI is InChI=1S/C15H20BrFO/c16-13-7-8-14(17)12(9-13)10-15(18)11-5-3-1-2-4-6-11/h7-9,11,15,18H,1-6,10H2. The Balaban J connectivity index is 2.00. The van der Waals surface area contributed by atoms with Crippen molar-refractivity contribution in [1.29, 1.82) is 0 Å². The SMILES string of the molecule is OC(Cc1cc(Br)ccc1F)C1CCCCCC1. The second-order valence-electron chi connectivity index (χ2n) is 5.26. The first-order valence-electron chi connectivity index (χ1n) is 6.79. The van der Waals surface area contributed by atoms with E-state index in [9.17, 15) is 9.50 Å². The van der Waals surface area contributed by atoms with Crippen molar-refractivity contribution in [3.05, 3.63) is 34.1 Å². The predicted octanol–water partition coefficient (Wildman–Crippen LogP) is 4.46. The van der Waals surface area contributed by atoms with Gasteiger partial charge in [0.15, 0.2) is 0 Å². The molecule has 1 fully saturated rings. The van der Waals surface area contributed by atoms with Gasteiger partial charge in [-0.2, -0.15) is 0 Å². The zero-order chi connectivity index (χ0) is 13.0. The van der Waals surface area contributed by atoms with E-state index in [1.807, 2.05) is 0 Å². The molecule has 1 aromatic carbocycles. The molecule has 1 N–H and O–H groups in total. The smallest absolute Gasteiger partial charge is 0.126 e. The molecule has 0 aliphatic heterocycles. The van der Waals surface area contributed by atoms with E-state index >= 15 is 0 Å². The third-order valence-corrected chi connectivity index (χ3v) is 4.37. The largest absolute Gasteiger partial charge is 0.392 e. The lowest BCUT2D eigenvalue weighted by atomic mass is 9.90. The van der Waals surface area contributed by atoms with E-state index < -0.39 is 6.10 Å². The van der Waals surface area contributed by atoms with Crippen molar-refractivity contribution >= 4 is 15.9 Å². The topological polar surface area (TPSA) is 20.2 Å². The molecule has 1 atom stereocenters. The van der Waals surface area contributed by atoms with Crippen molar-refractivity contribution < 1.29 is 9.50 Å². The Hall–Kier alpha value is -0.410. The molecule has 1 aliphatic carbocycles. The van der Waals surface area contributed by atoms with Gasteiger partial charge in [0.2, 0.25) is 0 Å². The van der Waals surface area contributed by atoms with Crippen LogP contribution in [-0.2, 0) is 6.42 Å². The van der Waals surface area contributed by atoms with Crippen LogP contribution in [0.3, 0.4) is 0 Å². The highest BCUT2D eigenvalue weighted by Crippen LogP contribution is 2.28. The van der Waals surface area contributed by atoms with E-state index in [-0.39, 0.29) is 5.82 Å². The molecule has 0 heterocycles. The molecular formula is C15H20BrFO. The zero-order valence-electron chi connectivity index (χ0n) is 10.5. The van der Waals surface area contributed by atoms with Crippen molar-refractivity contribution in [3.63, 3.8) is 0 Å². The molecule has 100 valence electrons. The van der Waals surface area contributed by atoms with Crippen LogP contribution in [0.15, 0.2) is 22.7 Å². The maximum absolute atomic E-state index is 13.6. The first-order chi connectivity index (χ1) is 8.66. The van der Waals surface area contributed by atoms with Crippen molar-refractivity contribution in [1.82, 2.24) is 0 Å². The minimum Gasteiger partial charge on any atom is -0.392 e. The molecule has 2 rings (SSSR count). The van der Waals surface area contributed by atoms with E-state index in [4.69, 9.17) is 0 Å². The lowest BCUT2D eigenvalue weighted by Crippen LogP contribution is -2.23. The monoisotopic (exact) mass is 314 g/mol. The number of hydrogen-bond donors (Lipinski definition) is 1. The molecule has 1 saturated carbocycles. The maximum atomic E-state index is 13.6. The molecule has 1 unspecified atom stereocenters. The lowest BCUT2D eigenvalue weighted by molar-refractivity contribution is 0.0977. The molecule has 0 spiro atoms. The zero-order valence-corrected chi connectivity index (χ0v) is 12.1. The number of hydrogen-bond acceptors (Lipinski definition) is 1. The van der Waals surface area contributed by atoms with Crippen LogP contribution in [0.1, 0.15) is 44.1 Å². The molecule has 18 heavy (non-hydrogen) atoms. The van der Waals surface area contributed by atoms with Gasteiger partial charge in [-0.05, 0) is 42.5 Å². The van der Waals surface area contributed by atoms with Crippen LogP contribution in [0.4, 0.5) is 4.39 Å². The fourth-order valence-electron chi connectivity index (χ4n) is 2.79. The van der Waals surface area contributed by atoms with Gasteiger partial charge in [-0.3, -0.25) is 0 Å². The van der Waals surface area contributed by atoms with Crippen LogP contribution < -0.4 is 0 Å². The van der Waals surface area contributed by atoms with Crippen LogP contribution in [0, 0.1) is 11.7 Å². The highest BCUT2D eigenvalue weighted by atomic mass is 79.9. The molecule has 0 bridgehead atoms. The number of aliphatic hydroxyl groups excluding tert-OH is 1. The van der Waals surface area contributed by atoms with Crippen LogP contribution in [0.25, 0.3) is 0 Å². The molecule has 1 aromatic rings. The summed E-state index contributed by atoms with van der Waals surface area (Å²) in [5.74, 6) is 0.122. The van der Waals surface area contributed by atoms with Crippen molar-refractivity contribution in [2.45, 2.75) is 51.0 Å². The summed E-state index contributed by atoms with van der Waals surface area (Å²) < 4.78 is 14.5. The van der Waals surface area contributed by atoms with Gasteiger partial charge in [-0.15, -0.1) is 0 Å². The van der Waals surface area contributed by atoms with E-state index in [1.54, 1.807) is 12.1 Å². The van der Waals surface area contributed by atoms with Crippen molar-refractivity contribution in [2.24, 2.45) is 5.92 Å². The third kappa shape index (κ3) is 3.79. The molecule has 1 nitrogen and oxygen atoms in total. The van der Waals surface area contributed by atoms with Gasteiger partial charge in [0.05, 0.1) is 6.10 Å². The van der Waals surface area contributed by atoms with E-state index in [0.29, 0.717) is 17.9 Å². The Morgan fingerprint density at radius 2 is 1.89 bits per heavy atom.